The first kappa shape index (κ1) is 36.6. The fourth-order valence-electron chi connectivity index (χ4n) is 4.52. The Kier molecular flexibility index (Phi) is 14.4. The van der Waals surface area contributed by atoms with Crippen molar-refractivity contribution in [2.24, 2.45) is 17.6 Å². The van der Waals surface area contributed by atoms with Gasteiger partial charge in [0.25, 0.3) is 11.8 Å². The van der Waals surface area contributed by atoms with Gasteiger partial charge in [0.15, 0.2) is 0 Å². The van der Waals surface area contributed by atoms with Crippen molar-refractivity contribution in [2.45, 2.75) is 84.7 Å². The average molecular weight is 625 g/mol. The molecule has 0 saturated carbocycles. The summed E-state index contributed by atoms with van der Waals surface area (Å²) in [5.41, 5.74) is 7.20. The van der Waals surface area contributed by atoms with Gasteiger partial charge in [0.05, 0.1) is 6.04 Å². The summed E-state index contributed by atoms with van der Waals surface area (Å²) in [6.07, 6.45) is -1.09. The second kappa shape index (κ2) is 17.6. The van der Waals surface area contributed by atoms with E-state index in [-0.39, 0.29) is 31.8 Å². The van der Waals surface area contributed by atoms with Crippen molar-refractivity contribution in [2.75, 3.05) is 0 Å². The fourth-order valence-corrected chi connectivity index (χ4v) is 4.52. The SMILES string of the molecule is CCC(N)C(=O)C(=O)N(C(=O)[C@H](Cc1ccccc1)NC(=O)OCc1ccccc1)[C@H](CC(C)C)C(=O)N[C@H](C(=O)O)C(C)C. The molecule has 12 nitrogen and oxygen atoms in total. The summed E-state index contributed by atoms with van der Waals surface area (Å²) >= 11 is 0. The van der Waals surface area contributed by atoms with Gasteiger partial charge in [-0.1, -0.05) is 95.3 Å². The Labute approximate surface area is 263 Å². The first-order chi connectivity index (χ1) is 21.3. The Morgan fingerprint density at radius 2 is 1.42 bits per heavy atom. The van der Waals surface area contributed by atoms with E-state index in [1.807, 2.05) is 0 Å². The molecule has 12 heteroatoms. The van der Waals surface area contributed by atoms with Crippen molar-refractivity contribution < 1.29 is 38.6 Å². The Bertz CT molecular complexity index is 1320. The van der Waals surface area contributed by atoms with Crippen LogP contribution in [0.5, 0.6) is 0 Å². The van der Waals surface area contributed by atoms with Crippen LogP contribution >= 0.6 is 0 Å². The molecular weight excluding hydrogens is 580 g/mol. The number of hydrogen-bond donors (Lipinski definition) is 4. The fraction of sp³-hybridized carbons (Fsp3) is 0.455. The smallest absolute Gasteiger partial charge is 0.408 e. The number of nitrogens with one attached hydrogen (secondary N) is 2. The van der Waals surface area contributed by atoms with Crippen LogP contribution in [-0.2, 0) is 41.7 Å². The van der Waals surface area contributed by atoms with E-state index in [0.29, 0.717) is 16.0 Å². The number of imide groups is 1. The molecular formula is C33H44N4O8. The van der Waals surface area contributed by atoms with Crippen molar-refractivity contribution in [3.63, 3.8) is 0 Å². The summed E-state index contributed by atoms with van der Waals surface area (Å²) in [5.74, 6) is -6.53. The molecule has 0 aliphatic heterocycles. The van der Waals surface area contributed by atoms with Crippen LogP contribution in [0.2, 0.25) is 0 Å². The van der Waals surface area contributed by atoms with Crippen molar-refractivity contribution in [1.82, 2.24) is 15.5 Å². The minimum atomic E-state index is -1.58. The number of nitrogens with two attached hydrogens (primary N) is 1. The quantitative estimate of drug-likeness (QED) is 0.204. The number of benzene rings is 2. The van der Waals surface area contributed by atoms with Crippen LogP contribution < -0.4 is 16.4 Å². The van der Waals surface area contributed by atoms with Gasteiger partial charge < -0.3 is 26.2 Å². The highest BCUT2D eigenvalue weighted by Gasteiger charge is 2.43. The van der Waals surface area contributed by atoms with Gasteiger partial charge in [0.1, 0.15) is 24.7 Å². The van der Waals surface area contributed by atoms with E-state index in [1.165, 1.54) is 0 Å². The third kappa shape index (κ3) is 11.1. The Hall–Kier alpha value is -4.58. The summed E-state index contributed by atoms with van der Waals surface area (Å²) in [4.78, 5) is 80.3. The maximum atomic E-state index is 14.3. The zero-order valence-electron chi connectivity index (χ0n) is 26.4. The number of hydrogen-bond acceptors (Lipinski definition) is 8. The minimum absolute atomic E-state index is 0.0829. The molecule has 5 N–H and O–H groups in total. The lowest BCUT2D eigenvalue weighted by Gasteiger charge is -2.34. The maximum absolute atomic E-state index is 14.3. The molecule has 0 radical (unpaired) electrons. The van der Waals surface area contributed by atoms with E-state index < -0.39 is 65.7 Å². The van der Waals surface area contributed by atoms with Crippen molar-refractivity contribution in [3.8, 4) is 0 Å². The molecule has 2 aromatic rings. The first-order valence-corrected chi connectivity index (χ1v) is 15.0. The number of Topliss-reactive ketones (excluding diaryl/α,β-unsaturated/α-hetero) is 1. The molecule has 2 rings (SSSR count). The van der Waals surface area contributed by atoms with E-state index in [9.17, 15) is 33.9 Å². The largest absolute Gasteiger partial charge is 0.480 e. The number of rotatable bonds is 16. The van der Waals surface area contributed by atoms with E-state index in [0.717, 1.165) is 0 Å². The summed E-state index contributed by atoms with van der Waals surface area (Å²) in [6.45, 7) is 8.15. The van der Waals surface area contributed by atoms with E-state index in [2.05, 4.69) is 10.6 Å². The highest BCUT2D eigenvalue weighted by molar-refractivity contribution is 6.41. The van der Waals surface area contributed by atoms with Crippen LogP contribution in [-0.4, -0.2) is 69.7 Å². The summed E-state index contributed by atoms with van der Waals surface area (Å²) < 4.78 is 5.33. The predicted molar refractivity (Wildman–Crippen MR) is 166 cm³/mol. The zero-order valence-corrected chi connectivity index (χ0v) is 26.4. The number of carbonyl (C=O) groups excluding carboxylic acids is 5. The molecule has 2 aromatic carbocycles. The molecule has 0 fully saturated rings. The monoisotopic (exact) mass is 624 g/mol. The molecule has 0 aliphatic rings. The topological polar surface area (TPSA) is 185 Å². The first-order valence-electron chi connectivity index (χ1n) is 15.0. The lowest BCUT2D eigenvalue weighted by atomic mass is 9.96. The highest BCUT2D eigenvalue weighted by atomic mass is 16.5. The summed E-state index contributed by atoms with van der Waals surface area (Å²) in [5, 5.41) is 14.6. The minimum Gasteiger partial charge on any atom is -0.480 e. The molecule has 1 unspecified atom stereocenters. The van der Waals surface area contributed by atoms with Gasteiger partial charge in [-0.3, -0.25) is 24.1 Å². The lowest BCUT2D eigenvalue weighted by molar-refractivity contribution is -0.159. The summed E-state index contributed by atoms with van der Waals surface area (Å²) in [7, 11) is 0. The maximum Gasteiger partial charge on any atom is 0.408 e. The summed E-state index contributed by atoms with van der Waals surface area (Å²) in [6, 6.07) is 11.9. The second-order valence-electron chi connectivity index (χ2n) is 11.6. The van der Waals surface area contributed by atoms with Gasteiger partial charge >= 0.3 is 12.1 Å². The molecule has 45 heavy (non-hydrogen) atoms. The van der Waals surface area contributed by atoms with Crippen LogP contribution in [0.3, 0.4) is 0 Å². The van der Waals surface area contributed by atoms with Crippen molar-refractivity contribution in [3.05, 3.63) is 71.8 Å². The van der Waals surface area contributed by atoms with Crippen LogP contribution in [0, 0.1) is 11.8 Å². The Morgan fingerprint density at radius 1 is 0.867 bits per heavy atom. The molecule has 0 heterocycles. The number of ketones is 1. The van der Waals surface area contributed by atoms with Crippen LogP contribution in [0.1, 0.15) is 58.6 Å². The predicted octanol–water partition coefficient (Wildman–Crippen LogP) is 2.83. The molecule has 0 saturated heterocycles. The van der Waals surface area contributed by atoms with Gasteiger partial charge in [-0.15, -0.1) is 0 Å². The van der Waals surface area contributed by atoms with Gasteiger partial charge in [0, 0.05) is 6.42 Å². The standard InChI is InChI=1S/C33H44N4O8/c1-6-24(34)28(38)31(41)37(26(17-20(2)3)29(39)36-27(21(4)5)32(42)43)30(40)25(18-22-13-9-7-10-14-22)35-33(44)45-19-23-15-11-8-12-16-23/h7-16,20-21,24-27H,6,17-19,34H2,1-5H3,(H,35,44)(H,36,39)(H,42,43)/t24?,25-,26+,27-/m0/s1. The average Bonchev–Trinajstić information content (AvgIpc) is 3.01. The number of carboxylic acids is 1. The number of alkyl carbamates (subject to hydrolysis) is 1. The number of ether oxygens (including phenoxy) is 1. The molecule has 0 bridgehead atoms. The van der Waals surface area contributed by atoms with Crippen LogP contribution in [0.25, 0.3) is 0 Å². The molecule has 244 valence electrons. The van der Waals surface area contributed by atoms with Gasteiger partial charge in [0.2, 0.25) is 11.7 Å². The Morgan fingerprint density at radius 3 is 1.91 bits per heavy atom. The van der Waals surface area contributed by atoms with E-state index >= 15 is 0 Å². The molecule has 0 aromatic heterocycles. The number of aliphatic carboxylic acids is 1. The highest BCUT2D eigenvalue weighted by Crippen LogP contribution is 2.18. The number of carboxylic acid groups (broad SMARTS) is 1. The Balaban J connectivity index is 2.57. The van der Waals surface area contributed by atoms with E-state index in [1.54, 1.807) is 95.3 Å². The van der Waals surface area contributed by atoms with Crippen molar-refractivity contribution in [1.29, 1.82) is 0 Å². The van der Waals surface area contributed by atoms with Crippen LogP contribution in [0.15, 0.2) is 60.7 Å². The normalized spacial score (nSPS) is 13.7. The number of nitrogens with zero attached hydrogens (tertiary/aromatic N) is 1. The second-order valence-corrected chi connectivity index (χ2v) is 11.6. The van der Waals surface area contributed by atoms with Gasteiger partial charge in [-0.05, 0) is 35.8 Å². The number of amides is 4. The number of carbonyl (C=O) groups is 6. The molecule has 0 spiro atoms. The van der Waals surface area contributed by atoms with E-state index in [4.69, 9.17) is 10.5 Å². The van der Waals surface area contributed by atoms with Gasteiger partial charge in [-0.2, -0.15) is 0 Å². The molecule has 4 atom stereocenters. The zero-order chi connectivity index (χ0) is 33.7. The molecule has 4 amide bonds. The third-order valence-electron chi connectivity index (χ3n) is 7.07. The lowest BCUT2D eigenvalue weighted by Crippen LogP contribution is -2.62. The van der Waals surface area contributed by atoms with Crippen molar-refractivity contribution >= 4 is 35.6 Å². The molecule has 0 aliphatic carbocycles. The van der Waals surface area contributed by atoms with Crippen LogP contribution in [0.4, 0.5) is 4.79 Å². The van der Waals surface area contributed by atoms with Gasteiger partial charge in [-0.25, -0.2) is 9.59 Å². The third-order valence-corrected chi connectivity index (χ3v) is 7.07.